The predicted octanol–water partition coefficient (Wildman–Crippen LogP) is 0.905. The van der Waals surface area contributed by atoms with Gasteiger partial charge in [-0.3, -0.25) is 4.90 Å². The van der Waals surface area contributed by atoms with Crippen LogP contribution in [-0.2, 0) is 0 Å². The van der Waals surface area contributed by atoms with Gasteiger partial charge in [-0.15, -0.1) is 0 Å². The van der Waals surface area contributed by atoms with E-state index in [0.717, 1.165) is 50.9 Å². The Bertz CT molecular complexity index is 292. The Morgan fingerprint density at radius 2 is 2.20 bits per heavy atom. The quantitative estimate of drug-likeness (QED) is 0.773. The Morgan fingerprint density at radius 3 is 2.87 bits per heavy atom. The number of rotatable bonds is 4. The molecular weight excluding hydrogens is 190 g/mol. The first-order valence-electron chi connectivity index (χ1n) is 5.58. The van der Waals surface area contributed by atoms with Gasteiger partial charge in [-0.25, -0.2) is 0 Å². The van der Waals surface area contributed by atoms with Crippen LogP contribution in [0.25, 0.3) is 0 Å². The zero-order valence-electron chi connectivity index (χ0n) is 9.25. The van der Waals surface area contributed by atoms with Crippen molar-refractivity contribution in [2.75, 3.05) is 44.6 Å². The minimum Gasteiger partial charge on any atom is -0.446 e. The van der Waals surface area contributed by atoms with Gasteiger partial charge in [0.2, 0.25) is 0 Å². The zero-order valence-corrected chi connectivity index (χ0v) is 9.25. The number of furan rings is 1. The normalized spacial score (nSPS) is 17.9. The van der Waals surface area contributed by atoms with Crippen LogP contribution >= 0.6 is 0 Å². The first kappa shape index (κ1) is 10.5. The lowest BCUT2D eigenvalue weighted by atomic mass is 10.3. The van der Waals surface area contributed by atoms with Crippen LogP contribution in [0.3, 0.4) is 0 Å². The van der Waals surface area contributed by atoms with Gasteiger partial charge in [0.15, 0.2) is 5.88 Å². The number of piperazine rings is 1. The van der Waals surface area contributed by atoms with E-state index in [2.05, 4.69) is 15.5 Å². The third-order valence-corrected chi connectivity index (χ3v) is 2.68. The van der Waals surface area contributed by atoms with Crippen molar-refractivity contribution in [3.63, 3.8) is 0 Å². The van der Waals surface area contributed by atoms with Crippen LogP contribution in [0.5, 0.6) is 0 Å². The molecule has 15 heavy (non-hydrogen) atoms. The molecule has 2 N–H and O–H groups in total. The molecule has 0 unspecified atom stereocenters. The Morgan fingerprint density at radius 1 is 1.40 bits per heavy atom. The van der Waals surface area contributed by atoms with Gasteiger partial charge < -0.3 is 15.1 Å². The molecule has 2 rings (SSSR count). The van der Waals surface area contributed by atoms with Crippen molar-refractivity contribution in [3.8, 4) is 0 Å². The lowest BCUT2D eigenvalue weighted by Crippen LogP contribution is -2.45. The molecule has 0 aliphatic carbocycles. The van der Waals surface area contributed by atoms with E-state index in [4.69, 9.17) is 4.42 Å². The van der Waals surface area contributed by atoms with Crippen molar-refractivity contribution < 1.29 is 4.42 Å². The first-order valence-corrected chi connectivity index (χ1v) is 5.58. The first-order chi connectivity index (χ1) is 7.34. The van der Waals surface area contributed by atoms with E-state index < -0.39 is 0 Å². The van der Waals surface area contributed by atoms with Crippen LogP contribution in [0.2, 0.25) is 0 Å². The average molecular weight is 209 g/mol. The largest absolute Gasteiger partial charge is 0.446 e. The monoisotopic (exact) mass is 209 g/mol. The Hall–Kier alpha value is -1.00. The molecule has 0 atom stereocenters. The molecule has 0 aromatic carbocycles. The van der Waals surface area contributed by atoms with Crippen LogP contribution in [0, 0.1) is 6.92 Å². The molecule has 1 saturated heterocycles. The van der Waals surface area contributed by atoms with E-state index in [1.807, 2.05) is 19.1 Å². The lowest BCUT2D eigenvalue weighted by Gasteiger charge is -2.26. The van der Waals surface area contributed by atoms with Crippen LogP contribution in [0.15, 0.2) is 16.5 Å². The summed E-state index contributed by atoms with van der Waals surface area (Å²) in [6.45, 7) is 8.52. The zero-order chi connectivity index (χ0) is 10.5. The fourth-order valence-electron chi connectivity index (χ4n) is 1.80. The summed E-state index contributed by atoms with van der Waals surface area (Å²) in [5.41, 5.74) is 0. The van der Waals surface area contributed by atoms with Gasteiger partial charge in [0.25, 0.3) is 0 Å². The summed E-state index contributed by atoms with van der Waals surface area (Å²) in [5.74, 6) is 1.84. The number of nitrogens with one attached hydrogen (secondary N) is 2. The summed E-state index contributed by atoms with van der Waals surface area (Å²) in [4.78, 5) is 2.46. The van der Waals surface area contributed by atoms with Crippen LogP contribution in [0.1, 0.15) is 5.76 Å². The number of hydrogen-bond donors (Lipinski definition) is 2. The number of anilines is 1. The molecule has 0 spiro atoms. The molecule has 1 fully saturated rings. The maximum atomic E-state index is 5.43. The summed E-state index contributed by atoms with van der Waals surface area (Å²) in [6.07, 6.45) is 0. The lowest BCUT2D eigenvalue weighted by molar-refractivity contribution is 0.249. The van der Waals surface area contributed by atoms with Crippen molar-refractivity contribution in [1.29, 1.82) is 0 Å². The smallest absolute Gasteiger partial charge is 0.193 e. The molecule has 0 amide bonds. The maximum Gasteiger partial charge on any atom is 0.193 e. The van der Waals surface area contributed by atoms with Crippen LogP contribution in [0.4, 0.5) is 5.88 Å². The predicted molar refractivity (Wildman–Crippen MR) is 61.2 cm³/mol. The summed E-state index contributed by atoms with van der Waals surface area (Å²) in [7, 11) is 0. The van der Waals surface area contributed by atoms with Crippen molar-refractivity contribution in [2.45, 2.75) is 6.92 Å². The minimum absolute atomic E-state index is 0.877. The third kappa shape index (κ3) is 3.25. The molecule has 0 saturated carbocycles. The van der Waals surface area contributed by atoms with E-state index in [1.54, 1.807) is 0 Å². The van der Waals surface area contributed by atoms with Gasteiger partial charge in [0, 0.05) is 45.3 Å². The van der Waals surface area contributed by atoms with Gasteiger partial charge in [-0.1, -0.05) is 0 Å². The number of nitrogens with zero attached hydrogens (tertiary/aromatic N) is 1. The summed E-state index contributed by atoms with van der Waals surface area (Å²) in [6, 6.07) is 3.96. The second-order valence-electron chi connectivity index (χ2n) is 3.93. The van der Waals surface area contributed by atoms with Gasteiger partial charge in [-0.05, 0) is 13.0 Å². The van der Waals surface area contributed by atoms with Gasteiger partial charge >= 0.3 is 0 Å². The second kappa shape index (κ2) is 5.19. The molecule has 2 heterocycles. The topological polar surface area (TPSA) is 40.4 Å². The fourth-order valence-corrected chi connectivity index (χ4v) is 1.80. The molecule has 84 valence electrons. The summed E-state index contributed by atoms with van der Waals surface area (Å²) < 4.78 is 5.43. The van der Waals surface area contributed by atoms with E-state index in [-0.39, 0.29) is 0 Å². The van der Waals surface area contributed by atoms with Crippen molar-refractivity contribution in [1.82, 2.24) is 10.2 Å². The van der Waals surface area contributed by atoms with Gasteiger partial charge in [0.05, 0.1) is 0 Å². The van der Waals surface area contributed by atoms with E-state index in [1.165, 1.54) is 0 Å². The van der Waals surface area contributed by atoms with E-state index in [9.17, 15) is 0 Å². The Labute approximate surface area is 90.6 Å². The fraction of sp³-hybridized carbons (Fsp3) is 0.636. The summed E-state index contributed by atoms with van der Waals surface area (Å²) >= 11 is 0. The molecule has 1 aromatic heterocycles. The van der Waals surface area contributed by atoms with Crippen molar-refractivity contribution >= 4 is 5.88 Å². The molecule has 0 radical (unpaired) electrons. The molecule has 0 bridgehead atoms. The standard InChI is InChI=1S/C11H19N3O/c1-10-2-3-11(15-10)13-6-9-14-7-4-12-5-8-14/h2-3,12-13H,4-9H2,1H3. The number of hydrogen-bond acceptors (Lipinski definition) is 4. The molecule has 1 aromatic rings. The second-order valence-corrected chi connectivity index (χ2v) is 3.93. The van der Waals surface area contributed by atoms with E-state index >= 15 is 0 Å². The average Bonchev–Trinajstić information content (AvgIpc) is 2.66. The SMILES string of the molecule is Cc1ccc(NCCN2CCNCC2)o1. The van der Waals surface area contributed by atoms with E-state index in [0.29, 0.717) is 0 Å². The van der Waals surface area contributed by atoms with Crippen LogP contribution < -0.4 is 10.6 Å². The Kier molecular flexibility index (Phi) is 3.64. The third-order valence-electron chi connectivity index (χ3n) is 2.68. The van der Waals surface area contributed by atoms with Gasteiger partial charge in [0.1, 0.15) is 5.76 Å². The van der Waals surface area contributed by atoms with Crippen LogP contribution in [-0.4, -0.2) is 44.2 Å². The highest BCUT2D eigenvalue weighted by Gasteiger charge is 2.08. The molecule has 1 aliphatic rings. The summed E-state index contributed by atoms with van der Waals surface area (Å²) in [5, 5.41) is 6.63. The maximum absolute atomic E-state index is 5.43. The molecule has 4 nitrogen and oxygen atoms in total. The highest BCUT2D eigenvalue weighted by atomic mass is 16.4. The highest BCUT2D eigenvalue weighted by Crippen LogP contribution is 2.11. The number of aryl methyl sites for hydroxylation is 1. The van der Waals surface area contributed by atoms with Crippen molar-refractivity contribution in [3.05, 3.63) is 17.9 Å². The van der Waals surface area contributed by atoms with Gasteiger partial charge in [-0.2, -0.15) is 0 Å². The molecule has 4 heteroatoms. The highest BCUT2D eigenvalue weighted by molar-refractivity contribution is 5.31. The van der Waals surface area contributed by atoms with Crippen molar-refractivity contribution in [2.24, 2.45) is 0 Å². The minimum atomic E-state index is 0.877. The molecular formula is C11H19N3O. The molecule has 1 aliphatic heterocycles. The Balaban J connectivity index is 1.65.